The van der Waals surface area contributed by atoms with Crippen LogP contribution in [-0.2, 0) is 62.4 Å². The van der Waals surface area contributed by atoms with Crippen molar-refractivity contribution in [1.29, 1.82) is 0 Å². The van der Waals surface area contributed by atoms with Gasteiger partial charge in [-0.15, -0.1) is 17.9 Å². The molecule has 3 unspecified atom stereocenters. The first kappa shape index (κ1) is 48.3. The van der Waals surface area contributed by atoms with Gasteiger partial charge in [0.1, 0.15) is 54.2 Å². The lowest BCUT2D eigenvalue weighted by Gasteiger charge is -2.30. The number of nitrogens with two attached hydrogens (primary N) is 2. The number of hydrogen-bond acceptors (Lipinski definition) is 22. The van der Waals surface area contributed by atoms with Crippen LogP contribution in [-0.4, -0.2) is 146 Å². The van der Waals surface area contributed by atoms with Crippen molar-refractivity contribution in [2.75, 3.05) is 38.3 Å². The molecule has 11 atom stereocenters. The van der Waals surface area contributed by atoms with Crippen LogP contribution in [0.15, 0.2) is 53.3 Å². The number of phosphoric acid groups is 2. The molecular formula is C35H46N10O17P2S. The van der Waals surface area contributed by atoms with Crippen molar-refractivity contribution in [2.45, 2.75) is 93.5 Å². The minimum Gasteiger partial charge on any atom is -0.455 e. The summed E-state index contributed by atoms with van der Waals surface area (Å²) in [4.78, 5) is 92.2. The molecule has 0 radical (unpaired) electrons. The Morgan fingerprint density at radius 3 is 2.51 bits per heavy atom. The van der Waals surface area contributed by atoms with E-state index in [1.165, 1.54) is 46.4 Å². The number of thiazole rings is 1. The maximum absolute atomic E-state index is 14.2. The molecule has 8 N–H and O–H groups in total. The molecule has 0 aromatic carbocycles. The van der Waals surface area contributed by atoms with Gasteiger partial charge in [-0.2, -0.15) is 4.98 Å². The summed E-state index contributed by atoms with van der Waals surface area (Å²) in [6, 6.07) is -0.0204. The number of aliphatic hydroxyl groups is 1. The zero-order valence-corrected chi connectivity index (χ0v) is 36.9. The summed E-state index contributed by atoms with van der Waals surface area (Å²) in [6.07, 6.45) is -7.56. The van der Waals surface area contributed by atoms with E-state index >= 15 is 0 Å². The summed E-state index contributed by atoms with van der Waals surface area (Å²) in [5.41, 5.74) is 13.0. The van der Waals surface area contributed by atoms with E-state index in [1.807, 2.05) is 0 Å². The number of esters is 1. The highest BCUT2D eigenvalue weighted by atomic mass is 32.1. The van der Waals surface area contributed by atoms with E-state index in [0.717, 1.165) is 10.9 Å². The van der Waals surface area contributed by atoms with Crippen LogP contribution < -0.4 is 17.2 Å². The van der Waals surface area contributed by atoms with Gasteiger partial charge in [0.05, 0.1) is 30.7 Å². The molecule has 27 nitrogen and oxygen atoms in total. The maximum Gasteiger partial charge on any atom is 0.472 e. The second-order valence-electron chi connectivity index (χ2n) is 14.8. The number of ether oxygens (including phenoxy) is 5. The van der Waals surface area contributed by atoms with Crippen LogP contribution in [0, 0.1) is 0 Å². The van der Waals surface area contributed by atoms with Crippen molar-refractivity contribution in [3.05, 3.63) is 64.6 Å². The molecule has 3 fully saturated rings. The van der Waals surface area contributed by atoms with Gasteiger partial charge in [-0.25, -0.2) is 38.7 Å². The van der Waals surface area contributed by atoms with E-state index in [9.17, 15) is 43.3 Å². The van der Waals surface area contributed by atoms with Crippen LogP contribution in [0.3, 0.4) is 0 Å². The molecule has 0 bridgehead atoms. The monoisotopic (exact) mass is 972 g/mol. The highest BCUT2D eigenvalue weighted by Gasteiger charge is 2.54. The number of fused-ring (bicyclic) bond motifs is 1. The highest BCUT2D eigenvalue weighted by molar-refractivity contribution is 7.47. The van der Waals surface area contributed by atoms with Gasteiger partial charge >= 0.3 is 27.3 Å². The molecule has 3 aliphatic heterocycles. The third-order valence-electron chi connectivity index (χ3n) is 10.5. The quantitative estimate of drug-likeness (QED) is 0.0384. The Labute approximate surface area is 372 Å². The van der Waals surface area contributed by atoms with Gasteiger partial charge in [0.2, 0.25) is 5.91 Å². The molecule has 0 aliphatic carbocycles. The molecule has 1 amide bonds. The Hall–Kier alpha value is -4.64. The summed E-state index contributed by atoms with van der Waals surface area (Å²) in [5.74, 6) is -1.57. The number of aromatic nitrogens is 7. The summed E-state index contributed by atoms with van der Waals surface area (Å²) >= 11 is 1.26. The molecule has 3 saturated heterocycles. The first-order chi connectivity index (χ1) is 30.9. The van der Waals surface area contributed by atoms with Crippen LogP contribution in [0.4, 0.5) is 11.6 Å². The number of anilines is 2. The molecule has 3 aliphatic rings. The van der Waals surface area contributed by atoms with E-state index in [-0.39, 0.29) is 42.2 Å². The summed E-state index contributed by atoms with van der Waals surface area (Å²) < 4.78 is 73.5. The van der Waals surface area contributed by atoms with Gasteiger partial charge in [-0.1, -0.05) is 6.08 Å². The van der Waals surface area contributed by atoms with Crippen LogP contribution >= 0.6 is 27.0 Å². The van der Waals surface area contributed by atoms with E-state index in [2.05, 4.69) is 36.0 Å². The minimum absolute atomic E-state index is 0.00144. The fourth-order valence-electron chi connectivity index (χ4n) is 7.30. The summed E-state index contributed by atoms with van der Waals surface area (Å²) in [6.45, 7) is 2.03. The third-order valence-corrected chi connectivity index (χ3v) is 12.6. The number of likely N-dealkylation sites (N-methyl/N-ethyl adjacent to an activating group) is 1. The SMILES string of the molecule is C=CCCC(=O)N(C)C(Cc1cscn1)C(=O)O[C@H]1[C@@H](O)[C@H](n2cnc3c(N)ncnc32)O[C@H]1COP(=O)(O)O[C@H]1[C@@H](OC2CCCO2)[C@H](n2ccc(N)nc2=O)O[C@@H]1COP(=O)(O)O. The normalized spacial score (nSPS) is 27.1. The lowest BCUT2D eigenvalue weighted by Crippen LogP contribution is -2.48. The fourth-order valence-corrected chi connectivity index (χ4v) is 9.17. The number of imidazole rings is 1. The number of rotatable bonds is 20. The number of nitrogens with zero attached hydrogens (tertiary/aromatic N) is 8. The zero-order valence-electron chi connectivity index (χ0n) is 34.3. The predicted molar refractivity (Wildman–Crippen MR) is 221 cm³/mol. The van der Waals surface area contributed by atoms with Gasteiger partial charge in [0, 0.05) is 44.5 Å². The van der Waals surface area contributed by atoms with Crippen molar-refractivity contribution in [2.24, 2.45) is 0 Å². The van der Waals surface area contributed by atoms with E-state index in [4.69, 9.17) is 44.2 Å². The molecule has 0 spiro atoms. The number of phosphoric ester groups is 2. The van der Waals surface area contributed by atoms with Crippen molar-refractivity contribution < 1.29 is 75.8 Å². The molecule has 4 aromatic heterocycles. The third kappa shape index (κ3) is 11.5. The summed E-state index contributed by atoms with van der Waals surface area (Å²) in [7, 11) is -9.20. The smallest absolute Gasteiger partial charge is 0.455 e. The van der Waals surface area contributed by atoms with Crippen molar-refractivity contribution >= 4 is 61.7 Å². The first-order valence-electron chi connectivity index (χ1n) is 19.8. The van der Waals surface area contributed by atoms with Crippen LogP contribution in [0.5, 0.6) is 0 Å². The van der Waals surface area contributed by atoms with E-state index in [1.54, 1.807) is 17.0 Å². The molecule has 4 aromatic rings. The number of allylic oxidation sites excluding steroid dienone is 1. The second kappa shape index (κ2) is 20.5. The number of carbonyl (C=O) groups is 2. The zero-order chi connectivity index (χ0) is 46.6. The van der Waals surface area contributed by atoms with Gasteiger partial charge in [0.15, 0.2) is 36.3 Å². The van der Waals surface area contributed by atoms with Crippen molar-refractivity contribution in [1.82, 2.24) is 39.0 Å². The highest BCUT2D eigenvalue weighted by Crippen LogP contribution is 2.51. The molecule has 65 heavy (non-hydrogen) atoms. The minimum atomic E-state index is -5.42. The van der Waals surface area contributed by atoms with Crippen molar-refractivity contribution in [3.8, 4) is 0 Å². The molecular weight excluding hydrogens is 926 g/mol. The molecule has 0 saturated carbocycles. The first-order valence-corrected chi connectivity index (χ1v) is 23.7. The van der Waals surface area contributed by atoms with Crippen LogP contribution in [0.25, 0.3) is 11.2 Å². The Balaban J connectivity index is 1.17. The number of amides is 1. The topological polar surface area (TPSA) is 370 Å². The van der Waals surface area contributed by atoms with Crippen LogP contribution in [0.1, 0.15) is 43.8 Å². The Morgan fingerprint density at radius 1 is 1.06 bits per heavy atom. The van der Waals surface area contributed by atoms with E-state index < -0.39 is 108 Å². The van der Waals surface area contributed by atoms with Crippen molar-refractivity contribution in [3.63, 3.8) is 0 Å². The van der Waals surface area contributed by atoms with Gasteiger partial charge in [-0.05, 0) is 18.9 Å². The average Bonchev–Trinajstić information content (AvgIpc) is 4.12. The fraction of sp³-hybridized carbons (Fsp3) is 0.543. The predicted octanol–water partition coefficient (Wildman–Crippen LogP) is -0.0593. The maximum atomic E-state index is 14.2. The van der Waals surface area contributed by atoms with Crippen LogP contribution in [0.2, 0.25) is 0 Å². The number of hydrogen-bond donors (Lipinski definition) is 6. The Kier molecular flexibility index (Phi) is 15.2. The number of carbonyl (C=O) groups excluding carboxylic acids is 2. The molecule has 7 heterocycles. The number of nitrogen functional groups attached to an aromatic ring is 2. The number of aliphatic hydroxyl groups excluding tert-OH is 1. The van der Waals surface area contributed by atoms with Gasteiger partial charge in [-0.3, -0.25) is 27.5 Å². The lowest BCUT2D eigenvalue weighted by atomic mass is 10.1. The average molecular weight is 973 g/mol. The van der Waals surface area contributed by atoms with Gasteiger partial charge in [0.25, 0.3) is 0 Å². The Morgan fingerprint density at radius 2 is 1.82 bits per heavy atom. The molecule has 7 rings (SSSR count). The second-order valence-corrected chi connectivity index (χ2v) is 18.2. The standard InChI is InChI=1S/C35H46N10O17P2S/c1-3-4-6-23(46)43(2)19(11-18-14-65-17-41-18)34(48)61-27-20(58-32(26(27)47)45-16-40-25-30(37)38-15-39-31(25)45)13-57-64(53,54)62-28-21(12-56-63(50,51)52)59-33(29(28)60-24-7-5-10-55-24)44-9-8-22(36)42-35(44)49/h3,8-9,14-17,19-21,24,26-29,32-33,47H,1,4-7,10-13H2,2H3,(H,53,54)(H2,36,42,49)(H2,37,38,39)(H2,50,51,52)/t19?,20-,21+,24?,26+,27+,28+,29+,32+,33+/m0/s1. The Bertz CT molecular complexity index is 2470. The van der Waals surface area contributed by atoms with Gasteiger partial charge < -0.3 is 59.8 Å². The molecule has 30 heteroatoms. The lowest BCUT2D eigenvalue weighted by molar-refractivity contribution is -0.181. The molecule has 354 valence electrons. The van der Waals surface area contributed by atoms with E-state index in [0.29, 0.717) is 25.0 Å². The summed E-state index contributed by atoms with van der Waals surface area (Å²) in [5, 5.41) is 13.5. The largest absolute Gasteiger partial charge is 0.472 e.